The number of ether oxygens (including phenoxy) is 1. The number of nitrogens with zero attached hydrogens (tertiary/aromatic N) is 2. The van der Waals surface area contributed by atoms with Crippen molar-refractivity contribution in [1.82, 2.24) is 9.59 Å². The molecule has 4 nitrogen and oxygen atoms in total. The van der Waals surface area contributed by atoms with Gasteiger partial charge >= 0.3 is 0 Å². The summed E-state index contributed by atoms with van der Waals surface area (Å²) < 4.78 is 8.23. The van der Waals surface area contributed by atoms with E-state index in [0.717, 1.165) is 0 Å². The third kappa shape index (κ3) is 1.51. The summed E-state index contributed by atoms with van der Waals surface area (Å²) in [6.45, 7) is 2.15. The van der Waals surface area contributed by atoms with Crippen molar-refractivity contribution < 1.29 is 9.53 Å². The number of hydrogen-bond acceptors (Lipinski definition) is 5. The summed E-state index contributed by atoms with van der Waals surface area (Å²) in [6, 6.07) is 0. The van der Waals surface area contributed by atoms with E-state index in [-0.39, 0.29) is 6.10 Å². The Kier molecular flexibility index (Phi) is 2.33. The number of carbonyl (C=O) groups is 1. The molecule has 0 aliphatic carbocycles. The van der Waals surface area contributed by atoms with Crippen LogP contribution in [0.3, 0.4) is 0 Å². The van der Waals surface area contributed by atoms with Gasteiger partial charge in [0.2, 0.25) is 0 Å². The number of hydrogen-bond donors (Lipinski definition) is 0. The minimum Gasteiger partial charge on any atom is -0.458 e. The first kappa shape index (κ1) is 7.14. The molecule has 0 saturated heterocycles. The first-order chi connectivity index (χ1) is 4.84. The molecule has 1 aromatic heterocycles. The van der Waals surface area contributed by atoms with Gasteiger partial charge in [0.15, 0.2) is 0 Å². The highest BCUT2D eigenvalue weighted by atomic mass is 32.1. The van der Waals surface area contributed by atoms with Crippen LogP contribution >= 0.6 is 11.5 Å². The van der Waals surface area contributed by atoms with Gasteiger partial charge in [0, 0.05) is 5.38 Å². The minimum atomic E-state index is -0.281. The van der Waals surface area contributed by atoms with Crippen LogP contribution < -0.4 is 0 Å². The zero-order valence-electron chi connectivity index (χ0n) is 5.35. The maximum atomic E-state index is 9.84. The highest BCUT2D eigenvalue weighted by Gasteiger charge is 2.06. The molecular weight excluding hydrogens is 152 g/mol. The SMILES string of the molecule is CC(OC=O)c1csnn1. The van der Waals surface area contributed by atoms with E-state index in [1.54, 1.807) is 12.3 Å². The van der Waals surface area contributed by atoms with Crippen LogP contribution in [0, 0.1) is 0 Å². The molecule has 0 N–H and O–H groups in total. The van der Waals surface area contributed by atoms with Crippen LogP contribution in [0.2, 0.25) is 0 Å². The lowest BCUT2D eigenvalue weighted by Crippen LogP contribution is -1.97. The van der Waals surface area contributed by atoms with Crippen LogP contribution in [0.1, 0.15) is 18.7 Å². The summed E-state index contributed by atoms with van der Waals surface area (Å²) in [5.74, 6) is 0. The van der Waals surface area contributed by atoms with E-state index in [1.165, 1.54) is 11.5 Å². The highest BCUT2D eigenvalue weighted by Crippen LogP contribution is 2.12. The van der Waals surface area contributed by atoms with Crippen LogP contribution in [0.4, 0.5) is 0 Å². The molecule has 0 bridgehead atoms. The second kappa shape index (κ2) is 3.26. The average Bonchev–Trinajstić information content (AvgIpc) is 2.38. The molecule has 0 aliphatic heterocycles. The zero-order valence-corrected chi connectivity index (χ0v) is 6.17. The van der Waals surface area contributed by atoms with E-state index in [1.807, 2.05) is 0 Å². The molecule has 0 amide bonds. The van der Waals surface area contributed by atoms with Crippen molar-refractivity contribution in [3.63, 3.8) is 0 Å². The van der Waals surface area contributed by atoms with Gasteiger partial charge in [-0.3, -0.25) is 4.79 Å². The van der Waals surface area contributed by atoms with E-state index in [2.05, 4.69) is 14.3 Å². The molecular formula is C5H6N2O2S. The summed E-state index contributed by atoms with van der Waals surface area (Å²) in [5.41, 5.74) is 0.692. The van der Waals surface area contributed by atoms with E-state index in [9.17, 15) is 4.79 Å². The van der Waals surface area contributed by atoms with E-state index >= 15 is 0 Å². The molecule has 0 spiro atoms. The summed E-state index contributed by atoms with van der Waals surface area (Å²) in [4.78, 5) is 9.84. The van der Waals surface area contributed by atoms with E-state index in [4.69, 9.17) is 0 Å². The van der Waals surface area contributed by atoms with Gasteiger partial charge in [0.25, 0.3) is 6.47 Å². The molecule has 0 saturated carbocycles. The molecule has 0 aromatic carbocycles. The molecule has 0 aliphatic rings. The van der Waals surface area contributed by atoms with Gasteiger partial charge in [0.1, 0.15) is 11.8 Å². The molecule has 5 heteroatoms. The molecule has 0 fully saturated rings. The summed E-state index contributed by atoms with van der Waals surface area (Å²) in [5, 5.41) is 5.46. The van der Waals surface area contributed by atoms with E-state index < -0.39 is 0 Å². The Morgan fingerprint density at radius 1 is 1.90 bits per heavy atom. The highest BCUT2D eigenvalue weighted by molar-refractivity contribution is 7.03. The molecule has 1 rings (SSSR count). The minimum absolute atomic E-state index is 0.281. The van der Waals surface area contributed by atoms with Crippen LogP contribution in [-0.4, -0.2) is 16.1 Å². The van der Waals surface area contributed by atoms with Crippen molar-refractivity contribution in [2.75, 3.05) is 0 Å². The molecule has 10 heavy (non-hydrogen) atoms. The Morgan fingerprint density at radius 2 is 2.70 bits per heavy atom. The maximum Gasteiger partial charge on any atom is 0.293 e. The number of carbonyl (C=O) groups excluding carboxylic acids is 1. The average molecular weight is 158 g/mol. The first-order valence-electron chi connectivity index (χ1n) is 2.70. The lowest BCUT2D eigenvalue weighted by Gasteiger charge is -2.02. The van der Waals surface area contributed by atoms with Gasteiger partial charge in [0.05, 0.1) is 0 Å². The second-order valence-electron chi connectivity index (χ2n) is 1.70. The second-order valence-corrected chi connectivity index (χ2v) is 2.31. The van der Waals surface area contributed by atoms with Gasteiger partial charge in [-0.2, -0.15) is 0 Å². The Morgan fingerprint density at radius 3 is 3.20 bits per heavy atom. The fourth-order valence-corrected chi connectivity index (χ4v) is 1.04. The third-order valence-corrected chi connectivity index (χ3v) is 1.58. The lowest BCUT2D eigenvalue weighted by molar-refractivity contribution is -0.133. The topological polar surface area (TPSA) is 52.1 Å². The van der Waals surface area contributed by atoms with Crippen LogP contribution in [0.5, 0.6) is 0 Å². The quantitative estimate of drug-likeness (QED) is 0.610. The maximum absolute atomic E-state index is 9.84. The summed E-state index contributed by atoms with van der Waals surface area (Å²) in [6.07, 6.45) is -0.281. The van der Waals surface area contributed by atoms with Crippen molar-refractivity contribution in [1.29, 1.82) is 0 Å². The molecule has 1 unspecified atom stereocenters. The zero-order chi connectivity index (χ0) is 7.40. The smallest absolute Gasteiger partial charge is 0.293 e. The number of aromatic nitrogens is 2. The fourth-order valence-electron chi connectivity index (χ4n) is 0.502. The molecule has 1 atom stereocenters. The van der Waals surface area contributed by atoms with Crippen molar-refractivity contribution >= 4 is 18.0 Å². The van der Waals surface area contributed by atoms with Gasteiger partial charge in [-0.05, 0) is 18.5 Å². The predicted octanol–water partition coefficient (Wildman–Crippen LogP) is 0.772. The molecule has 1 heterocycles. The molecule has 1 aromatic rings. The van der Waals surface area contributed by atoms with Crippen molar-refractivity contribution in [2.24, 2.45) is 0 Å². The van der Waals surface area contributed by atoms with Crippen LogP contribution in [0.25, 0.3) is 0 Å². The predicted molar refractivity (Wildman–Crippen MR) is 35.5 cm³/mol. The van der Waals surface area contributed by atoms with E-state index in [0.29, 0.717) is 12.2 Å². The van der Waals surface area contributed by atoms with Crippen molar-refractivity contribution in [3.8, 4) is 0 Å². The fraction of sp³-hybridized carbons (Fsp3) is 0.400. The van der Waals surface area contributed by atoms with Crippen molar-refractivity contribution in [2.45, 2.75) is 13.0 Å². The summed E-state index contributed by atoms with van der Waals surface area (Å²) >= 11 is 1.24. The normalized spacial score (nSPS) is 12.5. The summed E-state index contributed by atoms with van der Waals surface area (Å²) in [7, 11) is 0. The van der Waals surface area contributed by atoms with Gasteiger partial charge in [-0.1, -0.05) is 4.49 Å². The van der Waals surface area contributed by atoms with Gasteiger partial charge in [-0.15, -0.1) is 5.10 Å². The Balaban J connectivity index is 2.58. The third-order valence-electron chi connectivity index (χ3n) is 1.05. The monoisotopic (exact) mass is 158 g/mol. The first-order valence-corrected chi connectivity index (χ1v) is 3.54. The largest absolute Gasteiger partial charge is 0.458 e. The van der Waals surface area contributed by atoms with Crippen LogP contribution in [-0.2, 0) is 9.53 Å². The number of rotatable bonds is 3. The lowest BCUT2D eigenvalue weighted by atomic mass is 10.3. The van der Waals surface area contributed by atoms with Gasteiger partial charge < -0.3 is 4.74 Å². The Hall–Kier alpha value is -0.970. The standard InChI is InChI=1S/C5H6N2O2S/c1-4(9-3-8)5-2-10-7-6-5/h2-4H,1H3. The molecule has 54 valence electrons. The Labute approximate surface area is 62.0 Å². The van der Waals surface area contributed by atoms with Crippen molar-refractivity contribution in [3.05, 3.63) is 11.1 Å². The van der Waals surface area contributed by atoms with Gasteiger partial charge in [-0.25, -0.2) is 0 Å². The Bertz CT molecular complexity index is 199. The van der Waals surface area contributed by atoms with Crippen LogP contribution in [0.15, 0.2) is 5.38 Å². The molecule has 0 radical (unpaired) electrons.